The molecule has 2 heteroatoms. The molecule has 0 spiro atoms. The molecule has 2 rings (SSSR count). The monoisotopic (exact) mass is 231 g/mol. The van der Waals surface area contributed by atoms with E-state index in [2.05, 4.69) is 12.2 Å². The molecule has 1 aliphatic heterocycles. The van der Waals surface area contributed by atoms with Crippen molar-refractivity contribution in [3.63, 3.8) is 0 Å². The normalized spacial score (nSPS) is 23.9. The van der Waals surface area contributed by atoms with Crippen LogP contribution in [0.4, 0.5) is 0 Å². The molecule has 1 N–H and O–H groups in total. The Balaban J connectivity index is 2.28. The van der Waals surface area contributed by atoms with Crippen molar-refractivity contribution in [2.45, 2.75) is 45.1 Å². The summed E-state index contributed by atoms with van der Waals surface area (Å²) in [5, 5.41) is 3.44. The van der Waals surface area contributed by atoms with E-state index in [1.807, 2.05) is 31.2 Å². The highest BCUT2D eigenvalue weighted by Gasteiger charge is 2.40. The summed E-state index contributed by atoms with van der Waals surface area (Å²) >= 11 is 0. The molecule has 1 aliphatic rings. The third kappa shape index (κ3) is 2.42. The van der Waals surface area contributed by atoms with Crippen molar-refractivity contribution >= 4 is 5.78 Å². The van der Waals surface area contributed by atoms with Gasteiger partial charge < -0.3 is 5.32 Å². The molecule has 0 aliphatic carbocycles. The van der Waals surface area contributed by atoms with E-state index in [1.165, 1.54) is 0 Å². The Bertz CT molecular complexity index is 405. The van der Waals surface area contributed by atoms with Crippen LogP contribution in [0.3, 0.4) is 0 Å². The summed E-state index contributed by atoms with van der Waals surface area (Å²) in [5.41, 5.74) is 1.72. The first-order valence-corrected chi connectivity index (χ1v) is 6.54. The number of hydrogen-bond acceptors (Lipinski definition) is 2. The second-order valence-electron chi connectivity index (χ2n) is 5.06. The summed E-state index contributed by atoms with van der Waals surface area (Å²) in [6, 6.07) is 7.94. The van der Waals surface area contributed by atoms with Gasteiger partial charge in [-0.3, -0.25) is 4.79 Å². The van der Waals surface area contributed by atoms with Gasteiger partial charge >= 0.3 is 0 Å². The Morgan fingerprint density at radius 1 is 1.47 bits per heavy atom. The predicted molar refractivity (Wildman–Crippen MR) is 70.4 cm³/mol. The van der Waals surface area contributed by atoms with Gasteiger partial charge in [0.05, 0.1) is 5.54 Å². The fourth-order valence-corrected chi connectivity index (χ4v) is 2.82. The molecule has 1 heterocycles. The summed E-state index contributed by atoms with van der Waals surface area (Å²) in [6.45, 7) is 5.15. The molecule has 0 aromatic heterocycles. The minimum atomic E-state index is -0.289. The summed E-state index contributed by atoms with van der Waals surface area (Å²) in [5.74, 6) is 0.278. The molecule has 1 saturated heterocycles. The number of nitrogens with one attached hydrogen (secondary N) is 1. The molecule has 1 atom stereocenters. The number of benzene rings is 1. The zero-order valence-electron chi connectivity index (χ0n) is 10.8. The Morgan fingerprint density at radius 3 is 2.88 bits per heavy atom. The van der Waals surface area contributed by atoms with Crippen LogP contribution in [0, 0.1) is 6.92 Å². The molecule has 1 aromatic rings. The van der Waals surface area contributed by atoms with Gasteiger partial charge in [0.2, 0.25) is 0 Å². The first-order chi connectivity index (χ1) is 8.18. The lowest BCUT2D eigenvalue weighted by Gasteiger charge is -2.27. The third-order valence-corrected chi connectivity index (χ3v) is 3.64. The van der Waals surface area contributed by atoms with Crippen molar-refractivity contribution in [1.82, 2.24) is 5.32 Å². The fraction of sp³-hybridized carbons (Fsp3) is 0.533. The van der Waals surface area contributed by atoms with Crippen LogP contribution in [-0.2, 0) is 0 Å². The number of aryl methyl sites for hydroxylation is 1. The SMILES string of the molecule is CCCC1(C(=O)c2cccc(C)c2)CCCN1. The smallest absolute Gasteiger partial charge is 0.182 e. The van der Waals surface area contributed by atoms with Crippen LogP contribution in [0.15, 0.2) is 24.3 Å². The van der Waals surface area contributed by atoms with Crippen LogP contribution >= 0.6 is 0 Å². The standard InChI is InChI=1S/C15H21NO/c1-3-8-15(9-5-10-16-15)14(17)13-7-4-6-12(2)11-13/h4,6-7,11,16H,3,5,8-10H2,1-2H3. The van der Waals surface area contributed by atoms with Gasteiger partial charge in [0.25, 0.3) is 0 Å². The quantitative estimate of drug-likeness (QED) is 0.807. The number of ketones is 1. The number of Topliss-reactive ketones (excluding diaryl/α,β-unsaturated/α-hetero) is 1. The molecule has 0 bridgehead atoms. The van der Waals surface area contributed by atoms with Gasteiger partial charge in [-0.25, -0.2) is 0 Å². The van der Waals surface area contributed by atoms with Gasteiger partial charge in [0.1, 0.15) is 0 Å². The number of rotatable bonds is 4. The summed E-state index contributed by atoms with van der Waals surface area (Å²) in [7, 11) is 0. The van der Waals surface area contributed by atoms with E-state index in [1.54, 1.807) is 0 Å². The summed E-state index contributed by atoms with van der Waals surface area (Å²) in [4.78, 5) is 12.6. The van der Waals surface area contributed by atoms with E-state index in [0.29, 0.717) is 0 Å². The maximum atomic E-state index is 12.6. The van der Waals surface area contributed by atoms with Crippen molar-refractivity contribution < 1.29 is 4.79 Å². The first kappa shape index (κ1) is 12.3. The van der Waals surface area contributed by atoms with Crippen LogP contribution in [-0.4, -0.2) is 17.9 Å². The maximum absolute atomic E-state index is 12.6. The van der Waals surface area contributed by atoms with E-state index in [0.717, 1.165) is 43.4 Å². The predicted octanol–water partition coefficient (Wildman–Crippen LogP) is 3.10. The lowest BCUT2D eigenvalue weighted by atomic mass is 9.83. The van der Waals surface area contributed by atoms with Crippen molar-refractivity contribution in [1.29, 1.82) is 0 Å². The molecule has 2 nitrogen and oxygen atoms in total. The van der Waals surface area contributed by atoms with Crippen LogP contribution in [0.25, 0.3) is 0 Å². The van der Waals surface area contributed by atoms with Gasteiger partial charge in [-0.05, 0) is 38.8 Å². The van der Waals surface area contributed by atoms with Crippen LogP contribution < -0.4 is 5.32 Å². The van der Waals surface area contributed by atoms with Crippen molar-refractivity contribution in [2.75, 3.05) is 6.54 Å². The van der Waals surface area contributed by atoms with E-state index in [9.17, 15) is 4.79 Å². The van der Waals surface area contributed by atoms with Gasteiger partial charge in [-0.2, -0.15) is 0 Å². The summed E-state index contributed by atoms with van der Waals surface area (Å²) < 4.78 is 0. The fourth-order valence-electron chi connectivity index (χ4n) is 2.82. The van der Waals surface area contributed by atoms with E-state index in [4.69, 9.17) is 0 Å². The van der Waals surface area contributed by atoms with Crippen molar-refractivity contribution in [2.24, 2.45) is 0 Å². The average Bonchev–Trinajstić information content (AvgIpc) is 2.78. The molecule has 0 saturated carbocycles. The third-order valence-electron chi connectivity index (χ3n) is 3.64. The molecule has 0 amide bonds. The second-order valence-corrected chi connectivity index (χ2v) is 5.06. The van der Waals surface area contributed by atoms with Crippen molar-refractivity contribution in [3.05, 3.63) is 35.4 Å². The van der Waals surface area contributed by atoms with Gasteiger partial charge in [-0.15, -0.1) is 0 Å². The van der Waals surface area contributed by atoms with Gasteiger partial charge in [-0.1, -0.05) is 37.1 Å². The molecular weight excluding hydrogens is 210 g/mol. The molecule has 0 radical (unpaired) electrons. The zero-order valence-corrected chi connectivity index (χ0v) is 10.8. The Kier molecular flexibility index (Phi) is 3.63. The molecule has 17 heavy (non-hydrogen) atoms. The number of hydrogen-bond donors (Lipinski definition) is 1. The molecule has 92 valence electrons. The Labute approximate surface area is 103 Å². The molecule has 1 fully saturated rings. The topological polar surface area (TPSA) is 29.1 Å². The van der Waals surface area contributed by atoms with Gasteiger partial charge in [0, 0.05) is 5.56 Å². The number of carbonyl (C=O) groups is 1. The second kappa shape index (κ2) is 5.01. The van der Waals surface area contributed by atoms with E-state index < -0.39 is 0 Å². The lowest BCUT2D eigenvalue weighted by Crippen LogP contribution is -2.47. The van der Waals surface area contributed by atoms with Gasteiger partial charge in [0.15, 0.2) is 5.78 Å². The van der Waals surface area contributed by atoms with Crippen molar-refractivity contribution in [3.8, 4) is 0 Å². The molecule has 1 unspecified atom stereocenters. The van der Waals surface area contributed by atoms with Crippen LogP contribution in [0.2, 0.25) is 0 Å². The Hall–Kier alpha value is -1.15. The molecule has 1 aromatic carbocycles. The van der Waals surface area contributed by atoms with Crippen LogP contribution in [0.5, 0.6) is 0 Å². The minimum absolute atomic E-state index is 0.278. The maximum Gasteiger partial charge on any atom is 0.182 e. The zero-order chi connectivity index (χ0) is 12.3. The summed E-state index contributed by atoms with van der Waals surface area (Å²) in [6.07, 6.45) is 4.08. The van der Waals surface area contributed by atoms with E-state index in [-0.39, 0.29) is 11.3 Å². The largest absolute Gasteiger partial charge is 0.305 e. The first-order valence-electron chi connectivity index (χ1n) is 6.54. The highest BCUT2D eigenvalue weighted by molar-refractivity contribution is 6.03. The highest BCUT2D eigenvalue weighted by Crippen LogP contribution is 2.28. The van der Waals surface area contributed by atoms with Crippen LogP contribution in [0.1, 0.15) is 48.5 Å². The number of carbonyl (C=O) groups excluding carboxylic acids is 1. The minimum Gasteiger partial charge on any atom is -0.305 e. The average molecular weight is 231 g/mol. The van der Waals surface area contributed by atoms with E-state index >= 15 is 0 Å². The highest BCUT2D eigenvalue weighted by atomic mass is 16.1. The molecular formula is C15H21NO. The Morgan fingerprint density at radius 2 is 2.29 bits per heavy atom. The lowest BCUT2D eigenvalue weighted by molar-refractivity contribution is 0.0857.